The Hall–Kier alpha value is -1.69. The number of benzene rings is 1. The number of para-hydroxylation sites is 1. The number of unbranched alkanes of at least 4 members (excludes halogenated alkanes) is 2. The van der Waals surface area contributed by atoms with E-state index in [0.717, 1.165) is 12.8 Å². The van der Waals surface area contributed by atoms with E-state index in [-0.39, 0.29) is 17.9 Å². The van der Waals surface area contributed by atoms with Crippen molar-refractivity contribution < 1.29 is 23.4 Å². The minimum Gasteiger partial charge on any atom is -0.434 e. The molecule has 0 aromatic heterocycles. The first-order chi connectivity index (χ1) is 9.15. The molecule has 0 saturated heterocycles. The number of amides is 1. The largest absolute Gasteiger partial charge is 0.434 e. The summed E-state index contributed by atoms with van der Waals surface area (Å²) in [6.45, 7) is -2.40. The summed E-state index contributed by atoms with van der Waals surface area (Å²) in [4.78, 5) is 11.8. The van der Waals surface area contributed by atoms with Crippen LogP contribution in [0.5, 0.6) is 5.75 Å². The molecule has 0 spiro atoms. The number of hydrogen-bond acceptors (Lipinski definition) is 3. The molecule has 0 radical (unpaired) electrons. The van der Waals surface area contributed by atoms with E-state index in [1.807, 2.05) is 0 Å². The van der Waals surface area contributed by atoms with Crippen LogP contribution in [0, 0.1) is 0 Å². The Labute approximate surface area is 110 Å². The predicted octanol–water partition coefficient (Wildman–Crippen LogP) is 2.18. The van der Waals surface area contributed by atoms with Crippen molar-refractivity contribution in [1.82, 2.24) is 5.32 Å². The molecule has 0 heterocycles. The fourth-order valence-corrected chi connectivity index (χ4v) is 1.56. The van der Waals surface area contributed by atoms with Crippen LogP contribution in [-0.2, 0) is 0 Å². The van der Waals surface area contributed by atoms with Gasteiger partial charge in [0.05, 0.1) is 5.56 Å². The van der Waals surface area contributed by atoms with E-state index in [2.05, 4.69) is 10.1 Å². The highest BCUT2D eigenvalue weighted by atomic mass is 19.3. The number of halogens is 2. The summed E-state index contributed by atoms with van der Waals surface area (Å²) in [7, 11) is 0. The lowest BCUT2D eigenvalue weighted by molar-refractivity contribution is -0.0501. The number of rotatable bonds is 8. The van der Waals surface area contributed by atoms with Crippen LogP contribution in [0.15, 0.2) is 24.3 Å². The number of nitrogens with one attached hydrogen (secondary N) is 1. The maximum atomic E-state index is 12.2. The van der Waals surface area contributed by atoms with Gasteiger partial charge in [-0.25, -0.2) is 0 Å². The first-order valence-corrected chi connectivity index (χ1v) is 6.08. The third-order valence-electron chi connectivity index (χ3n) is 2.47. The summed E-state index contributed by atoms with van der Waals surface area (Å²) in [5.41, 5.74) is 0.0879. The lowest BCUT2D eigenvalue weighted by Crippen LogP contribution is -2.25. The first-order valence-electron chi connectivity index (χ1n) is 6.08. The molecule has 1 aromatic carbocycles. The van der Waals surface area contributed by atoms with Crippen molar-refractivity contribution in [1.29, 1.82) is 0 Å². The normalized spacial score (nSPS) is 10.5. The summed E-state index contributed by atoms with van der Waals surface area (Å²) in [6.07, 6.45) is 2.21. The van der Waals surface area contributed by atoms with E-state index in [9.17, 15) is 13.6 Å². The highest BCUT2D eigenvalue weighted by Gasteiger charge is 2.14. The summed E-state index contributed by atoms with van der Waals surface area (Å²) in [5, 5.41) is 11.2. The van der Waals surface area contributed by atoms with E-state index in [0.29, 0.717) is 13.0 Å². The molecule has 1 amide bonds. The van der Waals surface area contributed by atoms with E-state index >= 15 is 0 Å². The average Bonchev–Trinajstić information content (AvgIpc) is 2.38. The van der Waals surface area contributed by atoms with Crippen molar-refractivity contribution in [2.24, 2.45) is 0 Å². The smallest absolute Gasteiger partial charge is 0.387 e. The van der Waals surface area contributed by atoms with Crippen LogP contribution in [0.1, 0.15) is 29.6 Å². The molecule has 1 aromatic rings. The molecule has 0 saturated carbocycles. The standard InChI is InChI=1S/C13H17F2NO3/c14-13(15)19-11-7-3-2-6-10(11)12(18)16-8-4-1-5-9-17/h2-3,6-7,13,17H,1,4-5,8-9H2,(H,16,18). The highest BCUT2D eigenvalue weighted by Crippen LogP contribution is 2.19. The Bertz CT molecular complexity index is 399. The van der Waals surface area contributed by atoms with Crippen molar-refractivity contribution in [2.45, 2.75) is 25.9 Å². The minimum absolute atomic E-state index is 0.0879. The Morgan fingerprint density at radius 2 is 2.00 bits per heavy atom. The van der Waals surface area contributed by atoms with Gasteiger partial charge in [-0.2, -0.15) is 8.78 Å². The number of aliphatic hydroxyl groups excluding tert-OH is 1. The quantitative estimate of drug-likeness (QED) is 0.714. The zero-order chi connectivity index (χ0) is 14.1. The van der Waals surface area contributed by atoms with Crippen molar-refractivity contribution in [2.75, 3.05) is 13.2 Å². The molecule has 19 heavy (non-hydrogen) atoms. The summed E-state index contributed by atoms with van der Waals surface area (Å²) in [5.74, 6) is -0.578. The molecule has 1 rings (SSSR count). The molecule has 4 nitrogen and oxygen atoms in total. The number of hydrogen-bond donors (Lipinski definition) is 2. The number of ether oxygens (including phenoxy) is 1. The van der Waals surface area contributed by atoms with Crippen LogP contribution < -0.4 is 10.1 Å². The van der Waals surface area contributed by atoms with Gasteiger partial charge in [0.25, 0.3) is 5.91 Å². The van der Waals surface area contributed by atoms with Gasteiger partial charge in [-0.05, 0) is 31.4 Å². The van der Waals surface area contributed by atoms with Crippen LogP contribution in [0.25, 0.3) is 0 Å². The molecular weight excluding hydrogens is 256 g/mol. The Morgan fingerprint density at radius 1 is 1.26 bits per heavy atom. The predicted molar refractivity (Wildman–Crippen MR) is 66.3 cm³/mol. The van der Waals surface area contributed by atoms with E-state index in [4.69, 9.17) is 5.11 Å². The van der Waals surface area contributed by atoms with Gasteiger partial charge < -0.3 is 15.2 Å². The van der Waals surface area contributed by atoms with Gasteiger partial charge in [-0.15, -0.1) is 0 Å². The van der Waals surface area contributed by atoms with Crippen molar-refractivity contribution in [3.05, 3.63) is 29.8 Å². The second kappa shape index (κ2) is 8.42. The maximum Gasteiger partial charge on any atom is 0.387 e. The molecule has 0 atom stereocenters. The van der Waals surface area contributed by atoms with Crippen LogP contribution in [0.3, 0.4) is 0 Å². The molecular formula is C13H17F2NO3. The number of carbonyl (C=O) groups is 1. The average molecular weight is 273 g/mol. The highest BCUT2D eigenvalue weighted by molar-refractivity contribution is 5.96. The fraction of sp³-hybridized carbons (Fsp3) is 0.462. The van der Waals surface area contributed by atoms with E-state index in [1.165, 1.54) is 18.2 Å². The Kier molecular flexibility index (Phi) is 6.81. The third kappa shape index (κ3) is 5.65. The van der Waals surface area contributed by atoms with Gasteiger partial charge in [0, 0.05) is 13.2 Å². The van der Waals surface area contributed by atoms with Crippen LogP contribution >= 0.6 is 0 Å². The fourth-order valence-electron chi connectivity index (χ4n) is 1.56. The molecule has 0 unspecified atom stereocenters. The third-order valence-corrected chi connectivity index (χ3v) is 2.47. The monoisotopic (exact) mass is 273 g/mol. The van der Waals surface area contributed by atoms with E-state index in [1.54, 1.807) is 6.07 Å². The van der Waals surface area contributed by atoms with Crippen LogP contribution in [0.2, 0.25) is 0 Å². The molecule has 0 aliphatic carbocycles. The summed E-state index contributed by atoms with van der Waals surface area (Å²) in [6, 6.07) is 5.86. The molecule has 0 fully saturated rings. The molecule has 0 aliphatic rings. The van der Waals surface area contributed by atoms with Crippen LogP contribution in [0.4, 0.5) is 8.78 Å². The summed E-state index contributed by atoms with van der Waals surface area (Å²) < 4.78 is 28.6. The van der Waals surface area contributed by atoms with Gasteiger partial charge in [0.15, 0.2) is 0 Å². The zero-order valence-electron chi connectivity index (χ0n) is 10.4. The number of carbonyl (C=O) groups excluding carboxylic acids is 1. The molecule has 0 aliphatic heterocycles. The maximum absolute atomic E-state index is 12.2. The van der Waals surface area contributed by atoms with Gasteiger partial charge in [-0.1, -0.05) is 12.1 Å². The lowest BCUT2D eigenvalue weighted by Gasteiger charge is -2.10. The van der Waals surface area contributed by atoms with Gasteiger partial charge in [-0.3, -0.25) is 4.79 Å². The second-order valence-corrected chi connectivity index (χ2v) is 3.91. The molecule has 106 valence electrons. The number of aliphatic hydroxyl groups is 1. The van der Waals surface area contributed by atoms with Crippen LogP contribution in [-0.4, -0.2) is 30.8 Å². The topological polar surface area (TPSA) is 58.6 Å². The van der Waals surface area contributed by atoms with E-state index < -0.39 is 12.5 Å². The van der Waals surface area contributed by atoms with Gasteiger partial charge >= 0.3 is 6.61 Å². The molecule has 0 bridgehead atoms. The van der Waals surface area contributed by atoms with Gasteiger partial charge in [0.2, 0.25) is 0 Å². The van der Waals surface area contributed by atoms with Crippen molar-refractivity contribution >= 4 is 5.91 Å². The SMILES string of the molecule is O=C(NCCCCCO)c1ccccc1OC(F)F. The summed E-state index contributed by atoms with van der Waals surface area (Å²) >= 11 is 0. The first kappa shape index (κ1) is 15.4. The van der Waals surface area contributed by atoms with Crippen molar-refractivity contribution in [3.63, 3.8) is 0 Å². The lowest BCUT2D eigenvalue weighted by atomic mass is 10.2. The van der Waals surface area contributed by atoms with Crippen molar-refractivity contribution in [3.8, 4) is 5.75 Å². The Morgan fingerprint density at radius 3 is 2.68 bits per heavy atom. The van der Waals surface area contributed by atoms with Gasteiger partial charge in [0.1, 0.15) is 5.75 Å². The molecule has 2 N–H and O–H groups in total. The zero-order valence-corrected chi connectivity index (χ0v) is 10.4. The second-order valence-electron chi connectivity index (χ2n) is 3.91. The number of alkyl halides is 2. The minimum atomic E-state index is -2.96. The molecule has 6 heteroatoms. The Balaban J connectivity index is 2.51.